The van der Waals surface area contributed by atoms with Crippen molar-refractivity contribution in [2.75, 3.05) is 5.73 Å². The first-order chi connectivity index (χ1) is 8.49. The van der Waals surface area contributed by atoms with Crippen LogP contribution < -0.4 is 5.73 Å². The number of rotatable bonds is 2. The lowest BCUT2D eigenvalue weighted by Gasteiger charge is -2.06. The van der Waals surface area contributed by atoms with Crippen LogP contribution in [0.2, 0.25) is 0 Å². The number of nitrogens with zero attached hydrogens (tertiary/aromatic N) is 1. The van der Waals surface area contributed by atoms with Gasteiger partial charge >= 0.3 is 0 Å². The average molecular weight is 245 g/mol. The Morgan fingerprint density at radius 3 is 2.78 bits per heavy atom. The summed E-state index contributed by atoms with van der Waals surface area (Å²) in [5.74, 6) is 0.618. The molecule has 1 aliphatic carbocycles. The van der Waals surface area contributed by atoms with Crippen molar-refractivity contribution in [2.45, 2.75) is 26.2 Å². The highest BCUT2D eigenvalue weighted by molar-refractivity contribution is 5.77. The highest BCUT2D eigenvalue weighted by Gasteiger charge is 2.48. The van der Waals surface area contributed by atoms with Gasteiger partial charge in [-0.2, -0.15) is 5.10 Å². The minimum Gasteiger partial charge on any atom is -0.382 e. The number of hydrogen-bond donors (Lipinski definition) is 2. The quantitative estimate of drug-likeness (QED) is 0.852. The van der Waals surface area contributed by atoms with Crippen LogP contribution in [0.5, 0.6) is 0 Å². The molecule has 0 saturated heterocycles. The van der Waals surface area contributed by atoms with Gasteiger partial charge < -0.3 is 5.73 Å². The fraction of sp³-hybridized carbons (Fsp3) is 0.357. The third-order valence-electron chi connectivity index (χ3n) is 3.80. The van der Waals surface area contributed by atoms with Crippen molar-refractivity contribution in [1.82, 2.24) is 10.2 Å². The first-order valence-corrected chi connectivity index (χ1v) is 6.09. The van der Waals surface area contributed by atoms with Crippen LogP contribution >= 0.6 is 0 Å². The van der Waals surface area contributed by atoms with Crippen molar-refractivity contribution in [3.8, 4) is 11.1 Å². The van der Waals surface area contributed by atoms with E-state index in [4.69, 9.17) is 5.73 Å². The van der Waals surface area contributed by atoms with E-state index in [1.807, 2.05) is 6.07 Å². The third-order valence-corrected chi connectivity index (χ3v) is 3.80. The van der Waals surface area contributed by atoms with E-state index in [1.165, 1.54) is 12.1 Å². The van der Waals surface area contributed by atoms with Crippen LogP contribution in [0.15, 0.2) is 24.3 Å². The van der Waals surface area contributed by atoms with Crippen LogP contribution in [-0.4, -0.2) is 10.2 Å². The Kier molecular flexibility index (Phi) is 2.24. The predicted molar refractivity (Wildman–Crippen MR) is 69.5 cm³/mol. The molecule has 4 heteroatoms. The molecule has 1 fully saturated rings. The van der Waals surface area contributed by atoms with Crippen molar-refractivity contribution in [3.05, 3.63) is 35.8 Å². The molecule has 3 rings (SSSR count). The number of benzene rings is 1. The number of halogens is 1. The van der Waals surface area contributed by atoms with E-state index in [0.29, 0.717) is 11.7 Å². The minimum absolute atomic E-state index is 0.255. The van der Waals surface area contributed by atoms with Crippen LogP contribution in [0, 0.1) is 11.2 Å². The zero-order chi connectivity index (χ0) is 12.9. The average Bonchev–Trinajstić information content (AvgIpc) is 2.77. The highest BCUT2D eigenvalue weighted by Crippen LogP contribution is 2.60. The number of hydrogen-bond acceptors (Lipinski definition) is 2. The molecule has 0 aliphatic heterocycles. The van der Waals surface area contributed by atoms with Crippen molar-refractivity contribution < 1.29 is 4.39 Å². The lowest BCUT2D eigenvalue weighted by atomic mass is 9.99. The number of nitrogens with two attached hydrogens (primary N) is 1. The first kappa shape index (κ1) is 11.3. The Hall–Kier alpha value is -1.84. The SMILES string of the molecule is CC1(C)CC1c1[nH]nc(N)c1-c1cccc(F)c1. The second kappa shape index (κ2) is 3.57. The molecule has 3 N–H and O–H groups in total. The molecule has 1 heterocycles. The van der Waals surface area contributed by atoms with Gasteiger partial charge in [0, 0.05) is 17.2 Å². The van der Waals surface area contributed by atoms with E-state index in [1.54, 1.807) is 6.07 Å². The van der Waals surface area contributed by atoms with E-state index in [0.717, 1.165) is 23.2 Å². The lowest BCUT2D eigenvalue weighted by molar-refractivity contribution is 0.615. The van der Waals surface area contributed by atoms with Gasteiger partial charge in [0.25, 0.3) is 0 Å². The summed E-state index contributed by atoms with van der Waals surface area (Å²) < 4.78 is 13.3. The maximum Gasteiger partial charge on any atom is 0.153 e. The summed E-state index contributed by atoms with van der Waals surface area (Å²) in [4.78, 5) is 0. The number of nitrogen functional groups attached to an aromatic ring is 1. The Morgan fingerprint density at radius 1 is 1.44 bits per heavy atom. The van der Waals surface area contributed by atoms with Crippen molar-refractivity contribution >= 4 is 5.82 Å². The summed E-state index contributed by atoms with van der Waals surface area (Å²) in [7, 11) is 0. The van der Waals surface area contributed by atoms with Crippen LogP contribution in [0.3, 0.4) is 0 Å². The molecular formula is C14H16FN3. The molecule has 94 valence electrons. The van der Waals surface area contributed by atoms with E-state index in [-0.39, 0.29) is 11.2 Å². The molecule has 0 spiro atoms. The Morgan fingerprint density at radius 2 is 2.17 bits per heavy atom. The minimum atomic E-state index is -0.255. The fourth-order valence-electron chi connectivity index (χ4n) is 2.53. The molecule has 1 aromatic carbocycles. The molecular weight excluding hydrogens is 229 g/mol. The monoisotopic (exact) mass is 245 g/mol. The lowest BCUT2D eigenvalue weighted by Crippen LogP contribution is -1.94. The summed E-state index contributed by atoms with van der Waals surface area (Å²) in [5, 5.41) is 7.09. The van der Waals surface area contributed by atoms with Gasteiger partial charge in [0.1, 0.15) is 5.82 Å². The second-order valence-electron chi connectivity index (χ2n) is 5.65. The van der Waals surface area contributed by atoms with E-state index in [2.05, 4.69) is 24.0 Å². The molecule has 18 heavy (non-hydrogen) atoms. The van der Waals surface area contributed by atoms with Gasteiger partial charge in [0.15, 0.2) is 5.82 Å². The maximum atomic E-state index is 13.3. The maximum absolute atomic E-state index is 13.3. The van der Waals surface area contributed by atoms with Crippen LogP contribution in [-0.2, 0) is 0 Å². The number of aromatic nitrogens is 2. The molecule has 1 aromatic heterocycles. The number of H-pyrrole nitrogens is 1. The van der Waals surface area contributed by atoms with Gasteiger partial charge in [-0.25, -0.2) is 4.39 Å². The smallest absolute Gasteiger partial charge is 0.153 e. The third kappa shape index (κ3) is 1.68. The van der Waals surface area contributed by atoms with Crippen molar-refractivity contribution in [1.29, 1.82) is 0 Å². The summed E-state index contributed by atoms with van der Waals surface area (Å²) >= 11 is 0. The molecule has 1 atom stereocenters. The van der Waals surface area contributed by atoms with Crippen molar-refractivity contribution in [3.63, 3.8) is 0 Å². The summed E-state index contributed by atoms with van der Waals surface area (Å²) in [6, 6.07) is 6.49. The topological polar surface area (TPSA) is 54.7 Å². The summed E-state index contributed by atoms with van der Waals surface area (Å²) in [5.41, 5.74) is 8.86. The number of anilines is 1. The Labute approximate surface area is 105 Å². The van der Waals surface area contributed by atoms with Crippen LogP contribution in [0.1, 0.15) is 31.9 Å². The molecule has 0 bridgehead atoms. The molecule has 1 aliphatic rings. The first-order valence-electron chi connectivity index (χ1n) is 6.09. The van der Waals surface area contributed by atoms with Gasteiger partial charge in [-0.15, -0.1) is 0 Å². The van der Waals surface area contributed by atoms with Crippen molar-refractivity contribution in [2.24, 2.45) is 5.41 Å². The van der Waals surface area contributed by atoms with Crippen LogP contribution in [0.4, 0.5) is 10.2 Å². The largest absolute Gasteiger partial charge is 0.382 e. The van der Waals surface area contributed by atoms with Gasteiger partial charge in [-0.05, 0) is 29.5 Å². The van der Waals surface area contributed by atoms with E-state index >= 15 is 0 Å². The summed E-state index contributed by atoms with van der Waals surface area (Å²) in [6.45, 7) is 4.42. The standard InChI is InChI=1S/C14H16FN3/c1-14(2)7-10(14)12-11(13(16)18-17-12)8-4-3-5-9(15)6-8/h3-6,10H,7H2,1-2H3,(H3,16,17,18). The molecule has 2 aromatic rings. The zero-order valence-electron chi connectivity index (χ0n) is 10.5. The predicted octanol–water partition coefficient (Wildman–Crippen LogP) is 3.31. The molecule has 0 amide bonds. The number of nitrogens with one attached hydrogen (secondary N) is 1. The molecule has 1 saturated carbocycles. The second-order valence-corrected chi connectivity index (χ2v) is 5.65. The number of aromatic amines is 1. The van der Waals surface area contributed by atoms with Crippen LogP contribution in [0.25, 0.3) is 11.1 Å². The highest BCUT2D eigenvalue weighted by atomic mass is 19.1. The summed E-state index contributed by atoms with van der Waals surface area (Å²) in [6.07, 6.45) is 1.11. The zero-order valence-corrected chi connectivity index (χ0v) is 10.5. The van der Waals surface area contributed by atoms with E-state index < -0.39 is 0 Å². The Bertz CT molecular complexity index is 601. The normalized spacial score (nSPS) is 20.9. The van der Waals surface area contributed by atoms with Gasteiger partial charge in [-0.3, -0.25) is 5.10 Å². The molecule has 1 unspecified atom stereocenters. The van der Waals surface area contributed by atoms with Gasteiger partial charge in [-0.1, -0.05) is 26.0 Å². The van der Waals surface area contributed by atoms with Gasteiger partial charge in [0.05, 0.1) is 0 Å². The van der Waals surface area contributed by atoms with Gasteiger partial charge in [0.2, 0.25) is 0 Å². The Balaban J connectivity index is 2.09. The fourth-order valence-corrected chi connectivity index (χ4v) is 2.53. The molecule has 0 radical (unpaired) electrons. The molecule has 3 nitrogen and oxygen atoms in total. The van der Waals surface area contributed by atoms with E-state index in [9.17, 15) is 4.39 Å².